The number of carbonyl (C=O) groups is 1. The molecule has 1 atom stereocenters. The van der Waals surface area contributed by atoms with E-state index in [4.69, 9.17) is 0 Å². The molecule has 1 N–H and O–H groups in total. The molecule has 1 aromatic rings. The third kappa shape index (κ3) is 3.20. The average molecular weight is 244 g/mol. The van der Waals surface area contributed by atoms with Crippen LogP contribution in [0.1, 0.15) is 12.5 Å². The van der Waals surface area contributed by atoms with Crippen molar-refractivity contribution in [3.8, 4) is 0 Å². The van der Waals surface area contributed by atoms with Gasteiger partial charge in [0.25, 0.3) is 0 Å². The standard InChI is InChI=1S/C15H20N2O/c1-2-6-15(18)17-10-9-16-12-14(17)11-13-7-4-3-5-8-13/h2-8,14,16H,9-12H2,1H3/b6-2+. The van der Waals surface area contributed by atoms with Crippen LogP contribution in [0.25, 0.3) is 0 Å². The van der Waals surface area contributed by atoms with E-state index < -0.39 is 0 Å². The summed E-state index contributed by atoms with van der Waals surface area (Å²) in [7, 11) is 0. The zero-order chi connectivity index (χ0) is 12.8. The first-order chi connectivity index (χ1) is 8.81. The van der Waals surface area contributed by atoms with Crippen molar-refractivity contribution in [3.05, 3.63) is 48.0 Å². The minimum atomic E-state index is 0.125. The lowest BCUT2D eigenvalue weighted by molar-refractivity contribution is -0.129. The number of nitrogens with one attached hydrogen (secondary N) is 1. The molecule has 3 nitrogen and oxygen atoms in total. The third-order valence-corrected chi connectivity index (χ3v) is 3.26. The highest BCUT2D eigenvalue weighted by atomic mass is 16.2. The molecule has 2 rings (SSSR count). The Kier molecular flexibility index (Phi) is 4.53. The summed E-state index contributed by atoms with van der Waals surface area (Å²) in [6.07, 6.45) is 4.38. The third-order valence-electron chi connectivity index (χ3n) is 3.26. The number of amides is 1. The number of hydrogen-bond acceptors (Lipinski definition) is 2. The number of carbonyl (C=O) groups excluding carboxylic acids is 1. The van der Waals surface area contributed by atoms with Gasteiger partial charge in [-0.15, -0.1) is 0 Å². The largest absolute Gasteiger partial charge is 0.333 e. The summed E-state index contributed by atoms with van der Waals surface area (Å²) in [6.45, 7) is 4.43. The Morgan fingerprint density at radius 2 is 2.22 bits per heavy atom. The fourth-order valence-electron chi connectivity index (χ4n) is 2.36. The number of piperazine rings is 1. The van der Waals surface area contributed by atoms with Crippen LogP contribution in [0.15, 0.2) is 42.5 Å². The molecule has 0 bridgehead atoms. The van der Waals surface area contributed by atoms with E-state index in [1.165, 1.54) is 5.56 Å². The van der Waals surface area contributed by atoms with Crippen LogP contribution < -0.4 is 5.32 Å². The zero-order valence-electron chi connectivity index (χ0n) is 10.8. The van der Waals surface area contributed by atoms with E-state index in [0.717, 1.165) is 26.1 Å². The molecule has 18 heavy (non-hydrogen) atoms. The molecule has 1 aromatic carbocycles. The summed E-state index contributed by atoms with van der Waals surface area (Å²) < 4.78 is 0. The second-order valence-corrected chi connectivity index (χ2v) is 4.58. The fraction of sp³-hybridized carbons (Fsp3) is 0.400. The van der Waals surface area contributed by atoms with E-state index in [-0.39, 0.29) is 11.9 Å². The normalized spacial score (nSPS) is 20.3. The van der Waals surface area contributed by atoms with Crippen LogP contribution in [-0.4, -0.2) is 36.5 Å². The predicted molar refractivity (Wildman–Crippen MR) is 73.3 cm³/mol. The molecule has 0 aliphatic carbocycles. The number of benzene rings is 1. The molecule has 3 heteroatoms. The van der Waals surface area contributed by atoms with Crippen LogP contribution in [0.5, 0.6) is 0 Å². The lowest BCUT2D eigenvalue weighted by atomic mass is 10.0. The van der Waals surface area contributed by atoms with E-state index in [1.807, 2.05) is 36.1 Å². The van der Waals surface area contributed by atoms with Gasteiger partial charge in [0.2, 0.25) is 5.91 Å². The Labute approximate surface area is 108 Å². The summed E-state index contributed by atoms with van der Waals surface area (Å²) in [5.74, 6) is 0.125. The van der Waals surface area contributed by atoms with Crippen molar-refractivity contribution >= 4 is 5.91 Å². The molecule has 1 saturated heterocycles. The summed E-state index contributed by atoms with van der Waals surface area (Å²) in [5.41, 5.74) is 1.28. The number of rotatable bonds is 3. The summed E-state index contributed by atoms with van der Waals surface area (Å²) in [5, 5.41) is 3.36. The van der Waals surface area contributed by atoms with E-state index in [1.54, 1.807) is 6.08 Å². The molecule has 1 amide bonds. The Bertz CT molecular complexity index is 414. The minimum absolute atomic E-state index is 0.125. The molecule has 0 aromatic heterocycles. The molecule has 1 fully saturated rings. The van der Waals surface area contributed by atoms with Gasteiger partial charge in [0.05, 0.1) is 0 Å². The Hall–Kier alpha value is -1.61. The first-order valence-electron chi connectivity index (χ1n) is 6.49. The second-order valence-electron chi connectivity index (χ2n) is 4.58. The highest BCUT2D eigenvalue weighted by Crippen LogP contribution is 2.11. The van der Waals surface area contributed by atoms with Crippen molar-refractivity contribution in [1.82, 2.24) is 10.2 Å². The van der Waals surface area contributed by atoms with Gasteiger partial charge in [-0.25, -0.2) is 0 Å². The van der Waals surface area contributed by atoms with Crippen molar-refractivity contribution in [2.45, 2.75) is 19.4 Å². The topological polar surface area (TPSA) is 32.3 Å². The Morgan fingerprint density at radius 1 is 1.44 bits per heavy atom. The van der Waals surface area contributed by atoms with E-state index in [2.05, 4.69) is 17.4 Å². The van der Waals surface area contributed by atoms with Crippen LogP contribution in [-0.2, 0) is 11.2 Å². The second kappa shape index (κ2) is 6.36. The highest BCUT2D eigenvalue weighted by molar-refractivity contribution is 5.87. The van der Waals surface area contributed by atoms with Gasteiger partial charge in [-0.1, -0.05) is 36.4 Å². The monoisotopic (exact) mass is 244 g/mol. The van der Waals surface area contributed by atoms with E-state index in [0.29, 0.717) is 0 Å². The SMILES string of the molecule is C/C=C/C(=O)N1CCNCC1Cc1ccccc1. The number of hydrogen-bond donors (Lipinski definition) is 1. The molecular weight excluding hydrogens is 224 g/mol. The van der Waals surface area contributed by atoms with Gasteiger partial charge in [0, 0.05) is 25.7 Å². The highest BCUT2D eigenvalue weighted by Gasteiger charge is 2.24. The van der Waals surface area contributed by atoms with Crippen LogP contribution in [0.4, 0.5) is 0 Å². The van der Waals surface area contributed by atoms with Gasteiger partial charge < -0.3 is 10.2 Å². The lowest BCUT2D eigenvalue weighted by Crippen LogP contribution is -2.54. The molecule has 0 saturated carbocycles. The molecule has 1 unspecified atom stereocenters. The quantitative estimate of drug-likeness (QED) is 0.819. The van der Waals surface area contributed by atoms with Crippen LogP contribution >= 0.6 is 0 Å². The zero-order valence-corrected chi connectivity index (χ0v) is 10.8. The van der Waals surface area contributed by atoms with Gasteiger partial charge in [-0.05, 0) is 25.0 Å². The summed E-state index contributed by atoms with van der Waals surface area (Å²) in [4.78, 5) is 14.0. The molecule has 96 valence electrons. The first kappa shape index (κ1) is 12.8. The molecule has 1 aliphatic heterocycles. The molecule has 1 heterocycles. The van der Waals surface area contributed by atoms with Crippen LogP contribution in [0.3, 0.4) is 0 Å². The fourth-order valence-corrected chi connectivity index (χ4v) is 2.36. The summed E-state index contributed by atoms with van der Waals surface area (Å²) in [6, 6.07) is 10.6. The predicted octanol–water partition coefficient (Wildman–Crippen LogP) is 1.61. The van der Waals surface area contributed by atoms with Gasteiger partial charge in [-0.3, -0.25) is 4.79 Å². The average Bonchev–Trinajstić information content (AvgIpc) is 2.41. The molecule has 0 radical (unpaired) electrons. The Morgan fingerprint density at radius 3 is 2.94 bits per heavy atom. The van der Waals surface area contributed by atoms with Crippen molar-refractivity contribution < 1.29 is 4.79 Å². The van der Waals surface area contributed by atoms with E-state index >= 15 is 0 Å². The van der Waals surface area contributed by atoms with Gasteiger partial charge in [0.1, 0.15) is 0 Å². The number of allylic oxidation sites excluding steroid dienone is 1. The van der Waals surface area contributed by atoms with Crippen molar-refractivity contribution in [2.75, 3.05) is 19.6 Å². The van der Waals surface area contributed by atoms with Gasteiger partial charge >= 0.3 is 0 Å². The first-order valence-corrected chi connectivity index (χ1v) is 6.49. The van der Waals surface area contributed by atoms with Crippen LogP contribution in [0.2, 0.25) is 0 Å². The lowest BCUT2D eigenvalue weighted by Gasteiger charge is -2.35. The molecular formula is C15H20N2O. The maximum absolute atomic E-state index is 12.0. The maximum atomic E-state index is 12.0. The number of nitrogens with zero attached hydrogens (tertiary/aromatic N) is 1. The minimum Gasteiger partial charge on any atom is -0.333 e. The van der Waals surface area contributed by atoms with Crippen LogP contribution in [0, 0.1) is 0 Å². The molecule has 1 aliphatic rings. The maximum Gasteiger partial charge on any atom is 0.246 e. The van der Waals surface area contributed by atoms with Gasteiger partial charge in [-0.2, -0.15) is 0 Å². The molecule has 0 spiro atoms. The van der Waals surface area contributed by atoms with Gasteiger partial charge in [0.15, 0.2) is 0 Å². The van der Waals surface area contributed by atoms with Crippen molar-refractivity contribution in [1.29, 1.82) is 0 Å². The van der Waals surface area contributed by atoms with Crippen molar-refractivity contribution in [3.63, 3.8) is 0 Å². The van der Waals surface area contributed by atoms with Crippen molar-refractivity contribution in [2.24, 2.45) is 0 Å². The smallest absolute Gasteiger partial charge is 0.246 e. The van der Waals surface area contributed by atoms with E-state index in [9.17, 15) is 4.79 Å². The summed E-state index contributed by atoms with van der Waals surface area (Å²) >= 11 is 0. The Balaban J connectivity index is 2.06.